The number of carbonyl (C=O) groups is 1. The van der Waals surface area contributed by atoms with Gasteiger partial charge in [0.2, 0.25) is 5.91 Å². The van der Waals surface area contributed by atoms with E-state index in [1.54, 1.807) is 0 Å². The van der Waals surface area contributed by atoms with Crippen molar-refractivity contribution in [2.75, 3.05) is 38.5 Å². The third-order valence-electron chi connectivity index (χ3n) is 5.98. The van der Waals surface area contributed by atoms with Crippen molar-refractivity contribution in [1.29, 1.82) is 0 Å². The maximum Gasteiger partial charge on any atom is 0.241 e. The Kier molecular flexibility index (Phi) is 6.71. The minimum absolute atomic E-state index is 0.0294. The molecule has 1 heterocycles. The summed E-state index contributed by atoms with van der Waals surface area (Å²) in [6.07, 6.45) is 6.24. The maximum atomic E-state index is 13.0. The highest BCUT2D eigenvalue weighted by atomic mass is 16.2. The molecule has 1 aromatic rings. The van der Waals surface area contributed by atoms with Crippen molar-refractivity contribution in [3.05, 3.63) is 29.8 Å². The molecular weight excluding hydrogens is 322 g/mol. The second kappa shape index (κ2) is 9.01. The van der Waals surface area contributed by atoms with Crippen molar-refractivity contribution >= 4 is 11.6 Å². The van der Waals surface area contributed by atoms with Crippen LogP contribution in [0.15, 0.2) is 24.3 Å². The molecule has 3 rings (SSSR count). The smallest absolute Gasteiger partial charge is 0.241 e. The number of anilines is 1. The second-order valence-corrected chi connectivity index (χ2v) is 8.58. The predicted molar refractivity (Wildman–Crippen MR) is 109 cm³/mol. The average molecular weight is 358 g/mol. The highest BCUT2D eigenvalue weighted by Crippen LogP contribution is 2.34. The number of hydrogen-bond donors (Lipinski definition) is 1. The standard InChI is InChI=1S/C22H35N3O/c1-17(2)16-21(25-14-12-24(3)13-15-25)22(26)23-20-10-8-19(9-11-20)18-6-4-5-7-18/h8-11,17-18,21H,4-7,12-16H2,1-3H3,(H,23,26). The second-order valence-electron chi connectivity index (χ2n) is 8.58. The van der Waals surface area contributed by atoms with Gasteiger partial charge in [-0.05, 0) is 55.8 Å². The van der Waals surface area contributed by atoms with E-state index < -0.39 is 0 Å². The monoisotopic (exact) mass is 357 g/mol. The van der Waals surface area contributed by atoms with Gasteiger partial charge in [0.1, 0.15) is 0 Å². The summed E-state index contributed by atoms with van der Waals surface area (Å²) in [7, 11) is 2.15. The molecule has 1 aromatic carbocycles. The predicted octanol–water partition coefficient (Wildman–Crippen LogP) is 3.94. The van der Waals surface area contributed by atoms with Crippen LogP contribution >= 0.6 is 0 Å². The molecule has 1 N–H and O–H groups in total. The first-order valence-corrected chi connectivity index (χ1v) is 10.4. The molecule has 1 aliphatic carbocycles. The molecule has 2 fully saturated rings. The van der Waals surface area contributed by atoms with Crippen molar-refractivity contribution in [1.82, 2.24) is 9.80 Å². The fourth-order valence-corrected chi connectivity index (χ4v) is 4.33. The number of nitrogens with one attached hydrogen (secondary N) is 1. The van der Waals surface area contributed by atoms with Gasteiger partial charge >= 0.3 is 0 Å². The van der Waals surface area contributed by atoms with Crippen molar-refractivity contribution < 1.29 is 4.79 Å². The Morgan fingerprint density at radius 1 is 1.08 bits per heavy atom. The molecule has 0 aromatic heterocycles. The lowest BCUT2D eigenvalue weighted by atomic mass is 9.97. The minimum Gasteiger partial charge on any atom is -0.325 e. The lowest BCUT2D eigenvalue weighted by Gasteiger charge is -2.37. The Morgan fingerprint density at radius 3 is 2.27 bits per heavy atom. The molecule has 1 amide bonds. The summed E-state index contributed by atoms with van der Waals surface area (Å²) in [6, 6.07) is 8.56. The van der Waals surface area contributed by atoms with Gasteiger partial charge in [-0.15, -0.1) is 0 Å². The number of rotatable bonds is 6. The zero-order valence-corrected chi connectivity index (χ0v) is 16.7. The fourth-order valence-electron chi connectivity index (χ4n) is 4.33. The van der Waals surface area contributed by atoms with Crippen molar-refractivity contribution in [3.63, 3.8) is 0 Å². The Bertz CT molecular complexity index is 570. The van der Waals surface area contributed by atoms with Crippen molar-refractivity contribution in [2.45, 2.75) is 57.9 Å². The van der Waals surface area contributed by atoms with Crippen LogP contribution in [-0.2, 0) is 4.79 Å². The molecule has 1 saturated carbocycles. The third kappa shape index (κ3) is 5.08. The van der Waals surface area contributed by atoms with Crippen LogP contribution in [0, 0.1) is 5.92 Å². The van der Waals surface area contributed by atoms with Gasteiger partial charge in [0.15, 0.2) is 0 Å². The number of benzene rings is 1. The molecule has 2 aliphatic rings. The number of amides is 1. The van der Waals surface area contributed by atoms with Gasteiger partial charge < -0.3 is 10.2 Å². The van der Waals surface area contributed by atoms with Crippen LogP contribution in [-0.4, -0.2) is 55.0 Å². The molecule has 4 heteroatoms. The molecule has 1 unspecified atom stereocenters. The van der Waals surface area contributed by atoms with Crippen LogP contribution < -0.4 is 5.32 Å². The number of nitrogens with zero attached hydrogens (tertiary/aromatic N) is 2. The molecule has 0 radical (unpaired) electrons. The van der Waals surface area contributed by atoms with Crippen molar-refractivity contribution in [2.24, 2.45) is 5.92 Å². The SMILES string of the molecule is CC(C)CC(C(=O)Nc1ccc(C2CCCC2)cc1)N1CCN(C)CC1. The van der Waals surface area contributed by atoms with Crippen molar-refractivity contribution in [3.8, 4) is 0 Å². The van der Waals surface area contributed by atoms with E-state index in [4.69, 9.17) is 0 Å². The van der Waals surface area contributed by atoms with Crippen LogP contribution in [0.2, 0.25) is 0 Å². The van der Waals surface area contributed by atoms with Gasteiger partial charge in [-0.2, -0.15) is 0 Å². The molecule has 4 nitrogen and oxygen atoms in total. The summed E-state index contributed by atoms with van der Waals surface area (Å²) in [6.45, 7) is 8.43. The van der Waals surface area contributed by atoms with Gasteiger partial charge in [0.25, 0.3) is 0 Å². The average Bonchev–Trinajstić information content (AvgIpc) is 3.15. The van der Waals surface area contributed by atoms with Gasteiger partial charge in [-0.25, -0.2) is 0 Å². The van der Waals surface area contributed by atoms with E-state index in [2.05, 4.69) is 60.3 Å². The molecule has 0 spiro atoms. The lowest BCUT2D eigenvalue weighted by Crippen LogP contribution is -2.53. The van der Waals surface area contributed by atoms with Crippen LogP contribution in [0.5, 0.6) is 0 Å². The first-order chi connectivity index (χ1) is 12.5. The summed E-state index contributed by atoms with van der Waals surface area (Å²) in [5, 5.41) is 3.18. The van der Waals surface area contributed by atoms with E-state index in [0.29, 0.717) is 5.92 Å². The van der Waals surface area contributed by atoms with Crippen LogP contribution in [0.3, 0.4) is 0 Å². The van der Waals surface area contributed by atoms with Gasteiger partial charge in [0, 0.05) is 31.9 Å². The number of hydrogen-bond acceptors (Lipinski definition) is 3. The lowest BCUT2D eigenvalue weighted by molar-refractivity contribution is -0.122. The summed E-state index contributed by atoms with van der Waals surface area (Å²) in [5.41, 5.74) is 2.36. The molecule has 0 bridgehead atoms. The minimum atomic E-state index is -0.0294. The maximum absolute atomic E-state index is 13.0. The highest BCUT2D eigenvalue weighted by molar-refractivity contribution is 5.94. The van der Waals surface area contributed by atoms with E-state index >= 15 is 0 Å². The fraction of sp³-hybridized carbons (Fsp3) is 0.682. The first kappa shape index (κ1) is 19.4. The number of likely N-dealkylation sites (N-methyl/N-ethyl adjacent to an activating group) is 1. The highest BCUT2D eigenvalue weighted by Gasteiger charge is 2.29. The van der Waals surface area contributed by atoms with E-state index in [9.17, 15) is 4.79 Å². The van der Waals surface area contributed by atoms with E-state index in [0.717, 1.165) is 44.2 Å². The Balaban J connectivity index is 1.62. The Hall–Kier alpha value is -1.39. The number of piperazine rings is 1. The molecule has 1 atom stereocenters. The zero-order valence-electron chi connectivity index (χ0n) is 16.7. The van der Waals surface area contributed by atoms with Gasteiger partial charge in [-0.3, -0.25) is 9.69 Å². The van der Waals surface area contributed by atoms with Crippen LogP contribution in [0.4, 0.5) is 5.69 Å². The Labute approximate surface area is 158 Å². The third-order valence-corrected chi connectivity index (χ3v) is 5.98. The van der Waals surface area contributed by atoms with E-state index in [-0.39, 0.29) is 11.9 Å². The van der Waals surface area contributed by atoms with E-state index in [1.165, 1.54) is 31.2 Å². The van der Waals surface area contributed by atoms with Gasteiger partial charge in [-0.1, -0.05) is 38.8 Å². The molecular formula is C22H35N3O. The summed E-state index contributed by atoms with van der Waals surface area (Å²) in [5.74, 6) is 1.38. The summed E-state index contributed by atoms with van der Waals surface area (Å²) < 4.78 is 0. The summed E-state index contributed by atoms with van der Waals surface area (Å²) in [4.78, 5) is 17.7. The number of carbonyl (C=O) groups excluding carboxylic acids is 1. The molecule has 144 valence electrons. The van der Waals surface area contributed by atoms with E-state index in [1.807, 2.05) is 0 Å². The zero-order chi connectivity index (χ0) is 18.5. The normalized spacial score (nSPS) is 21.2. The quantitative estimate of drug-likeness (QED) is 0.837. The first-order valence-electron chi connectivity index (χ1n) is 10.4. The summed E-state index contributed by atoms with van der Waals surface area (Å²) >= 11 is 0. The molecule has 1 aliphatic heterocycles. The van der Waals surface area contributed by atoms with Crippen LogP contribution in [0.1, 0.15) is 57.4 Å². The molecule has 1 saturated heterocycles. The Morgan fingerprint density at radius 2 is 1.69 bits per heavy atom. The van der Waals surface area contributed by atoms with Gasteiger partial charge in [0.05, 0.1) is 6.04 Å². The topological polar surface area (TPSA) is 35.6 Å². The van der Waals surface area contributed by atoms with Crippen LogP contribution in [0.25, 0.3) is 0 Å². The molecule has 26 heavy (non-hydrogen) atoms. The largest absolute Gasteiger partial charge is 0.325 e.